The fourth-order valence-corrected chi connectivity index (χ4v) is 4.22. The minimum Gasteiger partial charge on any atom is -0.366 e. The Morgan fingerprint density at radius 2 is 1.62 bits per heavy atom. The molecule has 0 radical (unpaired) electrons. The number of benzene rings is 2. The van der Waals surface area contributed by atoms with E-state index in [2.05, 4.69) is 50.2 Å². The Bertz CT molecular complexity index is 1210. The lowest BCUT2D eigenvalue weighted by Crippen LogP contribution is -2.45. The Morgan fingerprint density at radius 1 is 0.875 bits per heavy atom. The molecule has 7 heteroatoms. The molecular formula is C25H26N6O. The average Bonchev–Trinajstić information content (AvgIpc) is 3.26. The van der Waals surface area contributed by atoms with Crippen LogP contribution >= 0.6 is 0 Å². The second kappa shape index (κ2) is 8.90. The predicted octanol–water partition coefficient (Wildman–Crippen LogP) is 2.84. The molecule has 0 unspecified atom stereocenters. The Balaban J connectivity index is 1.21. The lowest BCUT2D eigenvalue weighted by Gasteiger charge is -2.34. The highest BCUT2D eigenvalue weighted by Crippen LogP contribution is 2.20. The van der Waals surface area contributed by atoms with Gasteiger partial charge in [0.15, 0.2) is 0 Å². The van der Waals surface area contributed by atoms with Gasteiger partial charge in [-0.3, -0.25) is 19.6 Å². The van der Waals surface area contributed by atoms with Gasteiger partial charge in [0, 0.05) is 57.0 Å². The summed E-state index contributed by atoms with van der Waals surface area (Å²) in [6.45, 7) is 6.06. The minimum absolute atomic E-state index is 0.444. The van der Waals surface area contributed by atoms with Gasteiger partial charge in [0.25, 0.3) is 5.91 Å². The third-order valence-electron chi connectivity index (χ3n) is 5.99. The zero-order valence-electron chi connectivity index (χ0n) is 17.9. The number of pyridine rings is 1. The van der Waals surface area contributed by atoms with Crippen LogP contribution in [0.25, 0.3) is 16.6 Å². The number of nitrogens with zero attached hydrogens (tertiary/aromatic N) is 5. The number of nitrogens with two attached hydrogens (primary N) is 1. The van der Waals surface area contributed by atoms with Crippen molar-refractivity contribution in [1.82, 2.24) is 24.6 Å². The number of aromatic nitrogens is 3. The fourth-order valence-electron chi connectivity index (χ4n) is 4.22. The van der Waals surface area contributed by atoms with Crippen LogP contribution in [0.4, 0.5) is 0 Å². The Labute approximate surface area is 187 Å². The zero-order valence-corrected chi connectivity index (χ0v) is 17.9. The molecule has 1 fully saturated rings. The first-order chi connectivity index (χ1) is 15.7. The van der Waals surface area contributed by atoms with Crippen LogP contribution in [0.3, 0.4) is 0 Å². The van der Waals surface area contributed by atoms with Crippen LogP contribution in [0.2, 0.25) is 0 Å². The van der Waals surface area contributed by atoms with Crippen LogP contribution in [0, 0.1) is 0 Å². The molecule has 1 aliphatic rings. The number of fused-ring (bicyclic) bond motifs is 1. The molecule has 0 aliphatic carbocycles. The number of carbonyl (C=O) groups excluding carboxylic acids is 1. The van der Waals surface area contributed by atoms with Crippen molar-refractivity contribution in [2.24, 2.45) is 5.73 Å². The molecule has 0 spiro atoms. The van der Waals surface area contributed by atoms with Gasteiger partial charge in [-0.2, -0.15) is 5.10 Å². The van der Waals surface area contributed by atoms with Crippen LogP contribution in [0.15, 0.2) is 73.1 Å². The highest BCUT2D eigenvalue weighted by Gasteiger charge is 2.17. The van der Waals surface area contributed by atoms with Crippen molar-refractivity contribution in [3.8, 4) is 5.69 Å². The molecule has 2 N–H and O–H groups in total. The number of carbonyl (C=O) groups is 1. The van der Waals surface area contributed by atoms with Gasteiger partial charge < -0.3 is 5.73 Å². The number of rotatable bonds is 6. The van der Waals surface area contributed by atoms with Crippen molar-refractivity contribution in [3.05, 3.63) is 89.9 Å². The van der Waals surface area contributed by atoms with E-state index in [0.717, 1.165) is 56.0 Å². The number of hydrogen-bond acceptors (Lipinski definition) is 5. The van der Waals surface area contributed by atoms with E-state index >= 15 is 0 Å². The molecule has 3 heterocycles. The molecule has 4 aromatic rings. The largest absolute Gasteiger partial charge is 0.366 e. The summed E-state index contributed by atoms with van der Waals surface area (Å²) in [6.07, 6.45) is 3.79. The molecule has 5 rings (SSSR count). The summed E-state index contributed by atoms with van der Waals surface area (Å²) in [6, 6.07) is 20.0. The van der Waals surface area contributed by atoms with Gasteiger partial charge in [-0.25, -0.2) is 4.68 Å². The molecule has 7 nitrogen and oxygen atoms in total. The van der Waals surface area contributed by atoms with Gasteiger partial charge in [-0.15, -0.1) is 0 Å². The first kappa shape index (κ1) is 20.4. The summed E-state index contributed by atoms with van der Waals surface area (Å²) >= 11 is 0. The lowest BCUT2D eigenvalue weighted by molar-refractivity contribution is 0.100. The minimum atomic E-state index is -0.462. The van der Waals surface area contributed by atoms with E-state index in [9.17, 15) is 4.79 Å². The highest BCUT2D eigenvalue weighted by molar-refractivity contribution is 6.04. The van der Waals surface area contributed by atoms with Gasteiger partial charge in [-0.1, -0.05) is 30.3 Å². The summed E-state index contributed by atoms with van der Waals surface area (Å²) in [7, 11) is 0. The first-order valence-electron chi connectivity index (χ1n) is 10.9. The van der Waals surface area contributed by atoms with Crippen molar-refractivity contribution >= 4 is 16.8 Å². The molecule has 0 saturated carbocycles. The highest BCUT2D eigenvalue weighted by atomic mass is 16.1. The van der Waals surface area contributed by atoms with Gasteiger partial charge in [-0.05, 0) is 35.9 Å². The number of hydrogen-bond donors (Lipinski definition) is 1. The predicted molar refractivity (Wildman–Crippen MR) is 124 cm³/mol. The van der Waals surface area contributed by atoms with Gasteiger partial charge in [0.1, 0.15) is 5.52 Å². The molecular weight excluding hydrogens is 400 g/mol. The quantitative estimate of drug-likeness (QED) is 0.513. The lowest BCUT2D eigenvalue weighted by atomic mass is 10.1. The molecule has 0 atom stereocenters. The van der Waals surface area contributed by atoms with Crippen LogP contribution in [0.1, 0.15) is 21.6 Å². The van der Waals surface area contributed by atoms with E-state index < -0.39 is 5.91 Å². The molecule has 0 bridgehead atoms. The van der Waals surface area contributed by atoms with Gasteiger partial charge in [0.2, 0.25) is 0 Å². The summed E-state index contributed by atoms with van der Waals surface area (Å²) in [5.41, 5.74) is 9.93. The molecule has 1 aliphatic heterocycles. The van der Waals surface area contributed by atoms with Crippen molar-refractivity contribution < 1.29 is 4.79 Å². The molecule has 1 amide bonds. The summed E-state index contributed by atoms with van der Waals surface area (Å²) in [4.78, 5) is 21.1. The third-order valence-corrected chi connectivity index (χ3v) is 5.99. The topological polar surface area (TPSA) is 80.3 Å². The summed E-state index contributed by atoms with van der Waals surface area (Å²) in [5.74, 6) is -0.462. The number of amides is 1. The molecule has 2 aromatic carbocycles. The maximum absolute atomic E-state index is 11.7. The van der Waals surface area contributed by atoms with E-state index in [-0.39, 0.29) is 0 Å². The first-order valence-corrected chi connectivity index (χ1v) is 10.9. The van der Waals surface area contributed by atoms with E-state index in [1.165, 1.54) is 5.56 Å². The summed E-state index contributed by atoms with van der Waals surface area (Å²) in [5, 5.41) is 5.48. The third kappa shape index (κ3) is 4.39. The molecule has 32 heavy (non-hydrogen) atoms. The van der Waals surface area contributed by atoms with Gasteiger partial charge in [0.05, 0.1) is 16.9 Å². The number of primary amides is 1. The van der Waals surface area contributed by atoms with Crippen LogP contribution in [0.5, 0.6) is 0 Å². The average molecular weight is 427 g/mol. The van der Waals surface area contributed by atoms with Crippen molar-refractivity contribution in [1.29, 1.82) is 0 Å². The number of piperazine rings is 1. The Kier molecular flexibility index (Phi) is 5.66. The normalized spacial score (nSPS) is 15.2. The van der Waals surface area contributed by atoms with Crippen molar-refractivity contribution in [3.63, 3.8) is 0 Å². The monoisotopic (exact) mass is 426 g/mol. The molecule has 2 aromatic heterocycles. The van der Waals surface area contributed by atoms with Crippen LogP contribution in [-0.4, -0.2) is 56.7 Å². The van der Waals surface area contributed by atoms with Gasteiger partial charge >= 0.3 is 0 Å². The van der Waals surface area contributed by atoms with Crippen molar-refractivity contribution in [2.45, 2.75) is 13.1 Å². The Morgan fingerprint density at radius 3 is 2.31 bits per heavy atom. The maximum Gasteiger partial charge on any atom is 0.250 e. The van der Waals surface area contributed by atoms with Crippen LogP contribution in [-0.2, 0) is 13.1 Å². The van der Waals surface area contributed by atoms with E-state index in [1.54, 1.807) is 10.7 Å². The standard InChI is InChI=1S/C25H26N6O/c26-25(32)23-6-3-4-20-17-31(28-24(20)23)22-9-7-19(8-10-22)16-29-12-14-30(15-13-29)18-21-5-1-2-11-27-21/h1-11,17H,12-16,18H2,(H2,26,32). The Hall–Kier alpha value is -3.55. The zero-order chi connectivity index (χ0) is 21.9. The van der Waals surface area contributed by atoms with E-state index in [0.29, 0.717) is 11.1 Å². The van der Waals surface area contributed by atoms with Crippen molar-refractivity contribution in [2.75, 3.05) is 26.2 Å². The fraction of sp³-hybridized carbons (Fsp3) is 0.240. The SMILES string of the molecule is NC(=O)c1cccc2cn(-c3ccc(CN4CCN(Cc5ccccn5)CC4)cc3)nc12. The summed E-state index contributed by atoms with van der Waals surface area (Å²) < 4.78 is 1.80. The molecule has 1 saturated heterocycles. The van der Waals surface area contributed by atoms with Crippen LogP contribution < -0.4 is 5.73 Å². The van der Waals surface area contributed by atoms with E-state index in [1.807, 2.05) is 36.7 Å². The van der Waals surface area contributed by atoms with E-state index in [4.69, 9.17) is 5.73 Å². The maximum atomic E-state index is 11.7. The second-order valence-electron chi connectivity index (χ2n) is 8.22. The molecule has 162 valence electrons. The smallest absolute Gasteiger partial charge is 0.250 e. The second-order valence-corrected chi connectivity index (χ2v) is 8.22.